The Morgan fingerprint density at radius 1 is 1.09 bits per heavy atom. The van der Waals surface area contributed by atoms with Crippen molar-refractivity contribution in [2.45, 2.75) is 36.8 Å². The molecule has 172 valence electrons. The van der Waals surface area contributed by atoms with Crippen molar-refractivity contribution in [1.82, 2.24) is 4.72 Å². The molecule has 0 saturated heterocycles. The number of aliphatic hydroxyl groups is 1. The molecular weight excluding hydrogens is 440 g/mol. The predicted octanol–water partition coefficient (Wildman–Crippen LogP) is 3.45. The second-order valence-corrected chi connectivity index (χ2v) is 9.65. The van der Waals surface area contributed by atoms with Crippen LogP contribution in [0, 0.1) is 0 Å². The number of amides is 1. The molecule has 3 N–H and O–H groups in total. The Morgan fingerprint density at radius 2 is 1.82 bits per heavy atom. The highest BCUT2D eigenvalue weighted by atomic mass is 32.2. The van der Waals surface area contributed by atoms with Gasteiger partial charge in [-0.3, -0.25) is 4.79 Å². The van der Waals surface area contributed by atoms with Gasteiger partial charge in [0.2, 0.25) is 10.0 Å². The number of anilines is 1. The summed E-state index contributed by atoms with van der Waals surface area (Å²) in [6.45, 7) is 1.99. The van der Waals surface area contributed by atoms with E-state index in [4.69, 9.17) is 4.74 Å². The van der Waals surface area contributed by atoms with Gasteiger partial charge in [-0.05, 0) is 59.5 Å². The monoisotopic (exact) mass is 466 g/mol. The molecule has 0 radical (unpaired) electrons. The Bertz CT molecular complexity index is 1270. The predicted molar refractivity (Wildman–Crippen MR) is 126 cm³/mol. The molecule has 2 atom stereocenters. The van der Waals surface area contributed by atoms with Crippen LogP contribution in [0.15, 0.2) is 71.6 Å². The minimum Gasteiger partial charge on any atom is -0.497 e. The fraction of sp³-hybridized carbons (Fsp3) is 0.240. The van der Waals surface area contributed by atoms with Crippen LogP contribution < -0.4 is 14.8 Å². The molecule has 1 amide bonds. The van der Waals surface area contributed by atoms with E-state index in [1.807, 2.05) is 13.0 Å². The summed E-state index contributed by atoms with van der Waals surface area (Å²) in [4.78, 5) is 13.0. The molecule has 3 aromatic carbocycles. The molecule has 4 rings (SSSR count). The van der Waals surface area contributed by atoms with Gasteiger partial charge in [0.05, 0.1) is 24.2 Å². The van der Waals surface area contributed by atoms with Crippen LogP contribution in [0.2, 0.25) is 0 Å². The van der Waals surface area contributed by atoms with E-state index in [0.717, 1.165) is 17.5 Å². The van der Waals surface area contributed by atoms with Gasteiger partial charge in [0.15, 0.2) is 0 Å². The van der Waals surface area contributed by atoms with Gasteiger partial charge in [0.25, 0.3) is 5.91 Å². The first-order valence-electron chi connectivity index (χ1n) is 10.7. The summed E-state index contributed by atoms with van der Waals surface area (Å²) in [5, 5.41) is 13.6. The van der Waals surface area contributed by atoms with Crippen molar-refractivity contribution in [3.8, 4) is 5.75 Å². The largest absolute Gasteiger partial charge is 0.497 e. The molecule has 33 heavy (non-hydrogen) atoms. The van der Waals surface area contributed by atoms with Crippen molar-refractivity contribution in [2.75, 3.05) is 12.4 Å². The van der Waals surface area contributed by atoms with E-state index in [1.165, 1.54) is 7.11 Å². The van der Waals surface area contributed by atoms with Crippen LogP contribution in [-0.2, 0) is 22.9 Å². The van der Waals surface area contributed by atoms with Gasteiger partial charge >= 0.3 is 0 Å². The van der Waals surface area contributed by atoms with E-state index in [9.17, 15) is 18.3 Å². The number of hydrogen-bond acceptors (Lipinski definition) is 5. The van der Waals surface area contributed by atoms with Gasteiger partial charge in [0.1, 0.15) is 5.75 Å². The first-order chi connectivity index (χ1) is 15.8. The standard InChI is InChI=1S/C25H26N2O5S/c1-3-16-10-12-20(13-11-16)33(30,31)27-24-22(28)15-17-6-5-9-21(23(17)24)26-25(29)18-7-4-8-19(14-18)32-2/h4-14,22,24,27-28H,3,15H2,1-2H3,(H,26,29)/t22-,24+/m1/s1. The maximum Gasteiger partial charge on any atom is 0.255 e. The molecule has 1 aliphatic carbocycles. The SMILES string of the molecule is CCc1ccc(S(=O)(=O)N[C@@H]2c3c(cccc3NC(=O)c3cccc(OC)c3)C[C@H]2O)cc1. The fourth-order valence-corrected chi connectivity index (χ4v) is 5.28. The number of methoxy groups -OCH3 is 1. The van der Waals surface area contributed by atoms with Crippen molar-refractivity contribution >= 4 is 21.6 Å². The van der Waals surface area contributed by atoms with E-state index in [2.05, 4.69) is 10.0 Å². The maximum absolute atomic E-state index is 13.0. The number of carbonyl (C=O) groups is 1. The second kappa shape index (κ2) is 9.35. The first kappa shape index (κ1) is 23.0. The number of rotatable bonds is 7. The molecular formula is C25H26N2O5S. The molecule has 0 aromatic heterocycles. The molecule has 7 nitrogen and oxygen atoms in total. The van der Waals surface area contributed by atoms with Crippen molar-refractivity contribution < 1.29 is 23.1 Å². The molecule has 0 heterocycles. The van der Waals surface area contributed by atoms with Crippen LogP contribution in [0.3, 0.4) is 0 Å². The van der Waals surface area contributed by atoms with Gasteiger partial charge in [-0.2, -0.15) is 0 Å². The molecule has 0 fully saturated rings. The van der Waals surface area contributed by atoms with Gasteiger partial charge in [-0.1, -0.05) is 37.3 Å². The quantitative estimate of drug-likeness (QED) is 0.495. The number of aliphatic hydroxyl groups excluding tert-OH is 1. The summed E-state index contributed by atoms with van der Waals surface area (Å²) in [5.74, 6) is 0.191. The average molecular weight is 467 g/mol. The zero-order valence-electron chi connectivity index (χ0n) is 18.4. The average Bonchev–Trinajstić information content (AvgIpc) is 3.14. The van der Waals surface area contributed by atoms with Crippen LogP contribution in [-0.4, -0.2) is 32.6 Å². The van der Waals surface area contributed by atoms with Crippen LogP contribution in [0.5, 0.6) is 5.75 Å². The number of aryl methyl sites for hydroxylation is 1. The number of nitrogens with one attached hydrogen (secondary N) is 2. The third-order valence-electron chi connectivity index (χ3n) is 5.83. The van der Waals surface area contributed by atoms with E-state index < -0.39 is 22.2 Å². The summed E-state index contributed by atoms with van der Waals surface area (Å²) >= 11 is 0. The van der Waals surface area contributed by atoms with Crippen molar-refractivity contribution in [1.29, 1.82) is 0 Å². The Balaban J connectivity index is 1.63. The third-order valence-corrected chi connectivity index (χ3v) is 7.28. The summed E-state index contributed by atoms with van der Waals surface area (Å²) in [7, 11) is -2.37. The smallest absolute Gasteiger partial charge is 0.255 e. The lowest BCUT2D eigenvalue weighted by Crippen LogP contribution is -2.34. The van der Waals surface area contributed by atoms with Gasteiger partial charge in [0, 0.05) is 17.7 Å². The zero-order chi connectivity index (χ0) is 23.6. The number of hydrogen-bond donors (Lipinski definition) is 3. The molecule has 0 unspecified atom stereocenters. The van der Waals surface area contributed by atoms with Crippen molar-refractivity contribution in [3.05, 3.63) is 89.0 Å². The highest BCUT2D eigenvalue weighted by Crippen LogP contribution is 2.38. The van der Waals surface area contributed by atoms with Crippen molar-refractivity contribution in [3.63, 3.8) is 0 Å². The van der Waals surface area contributed by atoms with E-state index in [1.54, 1.807) is 60.7 Å². The second-order valence-electron chi connectivity index (χ2n) is 7.93. The number of sulfonamides is 1. The molecule has 1 aliphatic rings. The highest BCUT2D eigenvalue weighted by molar-refractivity contribution is 7.89. The van der Waals surface area contributed by atoms with E-state index in [-0.39, 0.29) is 17.2 Å². The lowest BCUT2D eigenvalue weighted by molar-refractivity contribution is 0.102. The van der Waals surface area contributed by atoms with E-state index >= 15 is 0 Å². The lowest BCUT2D eigenvalue weighted by atomic mass is 10.1. The topological polar surface area (TPSA) is 105 Å². The minimum absolute atomic E-state index is 0.123. The zero-order valence-corrected chi connectivity index (χ0v) is 19.2. The van der Waals surface area contributed by atoms with Crippen LogP contribution in [0.4, 0.5) is 5.69 Å². The summed E-state index contributed by atoms with van der Waals surface area (Å²) in [6.07, 6.45) is 0.124. The van der Waals surface area contributed by atoms with E-state index in [0.29, 0.717) is 22.6 Å². The molecule has 0 saturated carbocycles. The molecule has 3 aromatic rings. The van der Waals surface area contributed by atoms with Gasteiger partial charge < -0.3 is 15.2 Å². The molecule has 0 aliphatic heterocycles. The van der Waals surface area contributed by atoms with Crippen LogP contribution in [0.1, 0.15) is 40.0 Å². The molecule has 8 heteroatoms. The Kier molecular flexibility index (Phi) is 6.51. The van der Waals surface area contributed by atoms with Gasteiger partial charge in [-0.25, -0.2) is 13.1 Å². The summed E-state index contributed by atoms with van der Waals surface area (Å²) in [5.41, 5.74) is 3.22. The number of carbonyl (C=O) groups excluding carboxylic acids is 1. The van der Waals surface area contributed by atoms with Crippen LogP contribution >= 0.6 is 0 Å². The summed E-state index contributed by atoms with van der Waals surface area (Å²) in [6, 6.07) is 17.8. The highest BCUT2D eigenvalue weighted by Gasteiger charge is 2.36. The number of ether oxygens (including phenoxy) is 1. The van der Waals surface area contributed by atoms with Crippen LogP contribution in [0.25, 0.3) is 0 Å². The normalized spacial score (nSPS) is 17.4. The maximum atomic E-state index is 13.0. The third kappa shape index (κ3) is 4.78. The summed E-state index contributed by atoms with van der Waals surface area (Å²) < 4.78 is 33.9. The molecule has 0 spiro atoms. The van der Waals surface area contributed by atoms with Gasteiger partial charge in [-0.15, -0.1) is 0 Å². The Morgan fingerprint density at radius 3 is 2.52 bits per heavy atom. The number of benzene rings is 3. The Hall–Kier alpha value is -3.20. The minimum atomic E-state index is -3.89. The Labute approximate surface area is 193 Å². The lowest BCUT2D eigenvalue weighted by Gasteiger charge is -2.21. The molecule has 0 bridgehead atoms. The fourth-order valence-electron chi connectivity index (χ4n) is 4.04. The van der Waals surface area contributed by atoms with Crippen molar-refractivity contribution in [2.24, 2.45) is 0 Å². The number of fused-ring (bicyclic) bond motifs is 1. The first-order valence-corrected chi connectivity index (χ1v) is 12.2.